The van der Waals surface area contributed by atoms with Gasteiger partial charge in [0.05, 0.1) is 0 Å². The number of rotatable bonds is 11. The summed E-state index contributed by atoms with van der Waals surface area (Å²) in [4.78, 5) is 36.6. The van der Waals surface area contributed by atoms with E-state index in [9.17, 15) is 14.4 Å². The van der Waals surface area contributed by atoms with Crippen LogP contribution >= 0.6 is 0 Å². The molecule has 1 radical (unpaired) electrons. The van der Waals surface area contributed by atoms with E-state index in [4.69, 9.17) is 4.74 Å². The van der Waals surface area contributed by atoms with Crippen molar-refractivity contribution in [3.8, 4) is 0 Å². The van der Waals surface area contributed by atoms with Crippen molar-refractivity contribution in [2.75, 3.05) is 11.9 Å². The second-order valence-electron chi connectivity index (χ2n) is 6.82. The minimum absolute atomic E-state index is 0.0429. The maximum Gasteiger partial charge on any atom is 0.408 e. The van der Waals surface area contributed by atoms with Crippen molar-refractivity contribution in [3.05, 3.63) is 61.6 Å². The third kappa shape index (κ3) is 8.64. The van der Waals surface area contributed by atoms with Gasteiger partial charge in [0.15, 0.2) is 0 Å². The fourth-order valence-corrected chi connectivity index (χ4v) is 2.38. The SMILES string of the molecule is C=CC[CH]c1ccc(NC(=O)[C@H](C)NC(=O)[C@@H](NC(=O)OCC=C)C(C)C)cc1. The number of nitrogens with one attached hydrogen (secondary N) is 3. The second-order valence-corrected chi connectivity index (χ2v) is 6.82. The van der Waals surface area contributed by atoms with E-state index in [1.54, 1.807) is 39.0 Å². The predicted octanol–water partition coefficient (Wildman–Crippen LogP) is 3.20. The molecule has 1 rings (SSSR count). The summed E-state index contributed by atoms with van der Waals surface area (Å²) in [6, 6.07) is 5.72. The van der Waals surface area contributed by atoms with Gasteiger partial charge in [0.2, 0.25) is 11.8 Å². The molecule has 0 saturated carbocycles. The lowest BCUT2D eigenvalue weighted by Crippen LogP contribution is -2.53. The minimum atomic E-state index is -0.831. The number of benzene rings is 1. The van der Waals surface area contributed by atoms with Crippen molar-refractivity contribution in [1.29, 1.82) is 0 Å². The highest BCUT2D eigenvalue weighted by Gasteiger charge is 2.27. The molecule has 157 valence electrons. The largest absolute Gasteiger partial charge is 0.445 e. The smallest absolute Gasteiger partial charge is 0.408 e. The molecule has 0 spiro atoms. The van der Waals surface area contributed by atoms with Crippen molar-refractivity contribution < 1.29 is 19.1 Å². The second kappa shape index (κ2) is 12.4. The Morgan fingerprint density at radius 2 is 1.66 bits per heavy atom. The molecule has 0 heterocycles. The number of alkyl carbamates (subject to hydrolysis) is 1. The van der Waals surface area contributed by atoms with Crippen LogP contribution in [-0.2, 0) is 14.3 Å². The molecule has 29 heavy (non-hydrogen) atoms. The lowest BCUT2D eigenvalue weighted by atomic mass is 10.0. The van der Waals surface area contributed by atoms with Crippen LogP contribution in [0.15, 0.2) is 49.6 Å². The standard InChI is InChI=1S/C22H30N3O4/c1-6-8-9-17-10-12-18(13-11-17)24-20(26)16(5)23-21(27)19(15(3)4)25-22(28)29-14-7-2/h6-7,9-13,15-16,19H,1-2,8,14H2,3-5H3,(H,23,27)(H,24,26)(H,25,28)/t16-,19-/m0/s1. The summed E-state index contributed by atoms with van der Waals surface area (Å²) >= 11 is 0. The molecule has 3 N–H and O–H groups in total. The molecular formula is C22H30N3O4. The first kappa shape index (κ1) is 23.9. The lowest BCUT2D eigenvalue weighted by Gasteiger charge is -2.23. The van der Waals surface area contributed by atoms with Gasteiger partial charge >= 0.3 is 6.09 Å². The van der Waals surface area contributed by atoms with E-state index in [1.807, 2.05) is 18.6 Å². The minimum Gasteiger partial charge on any atom is -0.445 e. The molecule has 0 aliphatic heterocycles. The first-order chi connectivity index (χ1) is 13.8. The van der Waals surface area contributed by atoms with Crippen LogP contribution in [0.1, 0.15) is 32.8 Å². The topological polar surface area (TPSA) is 96.5 Å². The van der Waals surface area contributed by atoms with Crippen molar-refractivity contribution >= 4 is 23.6 Å². The molecule has 0 aliphatic carbocycles. The first-order valence-electron chi connectivity index (χ1n) is 9.48. The van der Waals surface area contributed by atoms with Crippen molar-refractivity contribution in [3.63, 3.8) is 0 Å². The third-order valence-electron chi connectivity index (χ3n) is 4.01. The van der Waals surface area contributed by atoms with E-state index in [-0.39, 0.29) is 18.4 Å². The normalized spacial score (nSPS) is 12.4. The Morgan fingerprint density at radius 3 is 2.21 bits per heavy atom. The Bertz CT molecular complexity index is 713. The maximum atomic E-state index is 12.5. The molecule has 7 nitrogen and oxygen atoms in total. The quantitative estimate of drug-likeness (QED) is 0.497. The van der Waals surface area contributed by atoms with Gasteiger partial charge in [0, 0.05) is 5.69 Å². The summed E-state index contributed by atoms with van der Waals surface area (Å²) < 4.78 is 4.85. The molecule has 1 aromatic rings. The number of carbonyl (C=O) groups excluding carboxylic acids is 3. The summed E-state index contributed by atoms with van der Waals surface area (Å²) in [6.07, 6.45) is 5.30. The third-order valence-corrected chi connectivity index (χ3v) is 4.01. The summed E-state index contributed by atoms with van der Waals surface area (Å²) in [5.74, 6) is -1.02. The van der Waals surface area contributed by atoms with Gasteiger partial charge in [0.1, 0.15) is 18.7 Å². The average molecular weight is 400 g/mol. The summed E-state index contributed by atoms with van der Waals surface area (Å²) in [5, 5.41) is 7.88. The number of hydrogen-bond acceptors (Lipinski definition) is 4. The van der Waals surface area contributed by atoms with Gasteiger partial charge in [-0.2, -0.15) is 0 Å². The summed E-state index contributed by atoms with van der Waals surface area (Å²) in [7, 11) is 0. The Hall–Kier alpha value is -3.09. The van der Waals surface area contributed by atoms with E-state index < -0.39 is 24.1 Å². The molecule has 7 heteroatoms. The molecule has 3 amide bonds. The van der Waals surface area contributed by atoms with Gasteiger partial charge in [-0.15, -0.1) is 6.58 Å². The van der Waals surface area contributed by atoms with E-state index in [2.05, 4.69) is 29.1 Å². The van der Waals surface area contributed by atoms with E-state index >= 15 is 0 Å². The number of anilines is 1. The van der Waals surface area contributed by atoms with E-state index in [0.717, 1.165) is 12.0 Å². The van der Waals surface area contributed by atoms with Crippen LogP contribution < -0.4 is 16.0 Å². The molecular weight excluding hydrogens is 370 g/mol. The molecule has 0 saturated heterocycles. The van der Waals surface area contributed by atoms with Crippen LogP contribution in [0.3, 0.4) is 0 Å². The van der Waals surface area contributed by atoms with Crippen molar-refractivity contribution in [1.82, 2.24) is 10.6 Å². The lowest BCUT2D eigenvalue weighted by molar-refractivity contribution is -0.128. The van der Waals surface area contributed by atoms with Gasteiger partial charge in [-0.3, -0.25) is 9.59 Å². The van der Waals surface area contributed by atoms with Crippen LogP contribution in [0.2, 0.25) is 0 Å². The fourth-order valence-electron chi connectivity index (χ4n) is 2.38. The van der Waals surface area contributed by atoms with Crippen molar-refractivity contribution in [2.45, 2.75) is 39.3 Å². The van der Waals surface area contributed by atoms with Crippen LogP contribution in [0.5, 0.6) is 0 Å². The van der Waals surface area contributed by atoms with E-state index in [1.165, 1.54) is 6.08 Å². The molecule has 0 unspecified atom stereocenters. The molecule has 0 bridgehead atoms. The van der Waals surface area contributed by atoms with Gasteiger partial charge in [-0.25, -0.2) is 4.79 Å². The van der Waals surface area contributed by atoms with Crippen LogP contribution in [-0.4, -0.2) is 36.6 Å². The van der Waals surface area contributed by atoms with Crippen molar-refractivity contribution in [2.24, 2.45) is 5.92 Å². The van der Waals surface area contributed by atoms with Crippen LogP contribution in [0.4, 0.5) is 10.5 Å². The van der Waals surface area contributed by atoms with E-state index in [0.29, 0.717) is 5.69 Å². The number of hydrogen-bond donors (Lipinski definition) is 3. The molecule has 2 atom stereocenters. The van der Waals surface area contributed by atoms with Crippen LogP contribution in [0, 0.1) is 12.3 Å². The first-order valence-corrected chi connectivity index (χ1v) is 9.48. The highest BCUT2D eigenvalue weighted by molar-refractivity contribution is 5.98. The summed E-state index contributed by atoms with van der Waals surface area (Å²) in [5.41, 5.74) is 1.65. The molecule has 0 fully saturated rings. The number of allylic oxidation sites excluding steroid dienone is 1. The fraction of sp³-hybridized carbons (Fsp3) is 0.364. The Kier molecular flexibility index (Phi) is 10.2. The number of ether oxygens (including phenoxy) is 1. The highest BCUT2D eigenvalue weighted by Crippen LogP contribution is 2.13. The number of amides is 3. The zero-order chi connectivity index (χ0) is 21.8. The Balaban J connectivity index is 2.62. The molecule has 0 aliphatic rings. The monoisotopic (exact) mass is 400 g/mol. The Labute approximate surface area is 172 Å². The van der Waals surface area contributed by atoms with Gasteiger partial charge < -0.3 is 20.7 Å². The number of carbonyl (C=O) groups is 3. The molecule has 1 aromatic carbocycles. The highest BCUT2D eigenvalue weighted by atomic mass is 16.5. The zero-order valence-electron chi connectivity index (χ0n) is 17.2. The Morgan fingerprint density at radius 1 is 1.00 bits per heavy atom. The van der Waals surface area contributed by atoms with Gasteiger partial charge in [-0.1, -0.05) is 44.7 Å². The average Bonchev–Trinajstić information content (AvgIpc) is 2.69. The predicted molar refractivity (Wildman–Crippen MR) is 114 cm³/mol. The maximum absolute atomic E-state index is 12.5. The van der Waals surface area contributed by atoms with Gasteiger partial charge in [-0.05, 0) is 43.4 Å². The van der Waals surface area contributed by atoms with Gasteiger partial charge in [0.25, 0.3) is 0 Å². The zero-order valence-corrected chi connectivity index (χ0v) is 17.2. The molecule has 0 aromatic heterocycles. The van der Waals surface area contributed by atoms with Crippen LogP contribution in [0.25, 0.3) is 0 Å². The summed E-state index contributed by atoms with van der Waals surface area (Å²) in [6.45, 7) is 12.3.